The van der Waals surface area contributed by atoms with Crippen molar-refractivity contribution >= 4 is 35.8 Å². The van der Waals surface area contributed by atoms with Crippen molar-refractivity contribution in [1.29, 1.82) is 0 Å². The lowest BCUT2D eigenvalue weighted by atomic mass is 9.94. The van der Waals surface area contributed by atoms with Gasteiger partial charge in [0.1, 0.15) is 6.29 Å². The maximum absolute atomic E-state index is 12.1. The average molecular weight is 902 g/mol. The first kappa shape index (κ1) is 53.5. The molecule has 2 saturated heterocycles. The number of amides is 3. The molecule has 2 aliphatic rings. The molecule has 2 fully saturated rings. The standard InChI is InChI=1S/C43H71N3O15S/c47-34-36-5-7-37(8-6-36)43(50)45-10-12-52-14-16-54-18-20-56-22-24-58-26-28-60-30-32-61-31-29-59-27-25-57-23-21-55-19-17-53-15-13-51-11-9-44-41(48)4-2-1-3-40-38-33-42(49)46-39(38)35-62-40/h5-8,34,38-40H,1-4,9-33,35H2,(H,44,48)(H,45,50)(H,46,49)/t38-,39-,40-/m0/s1. The van der Waals surface area contributed by atoms with E-state index in [4.69, 9.17) is 52.1 Å². The molecule has 19 heteroatoms. The molecule has 0 spiro atoms. The zero-order valence-electron chi connectivity index (χ0n) is 36.4. The molecule has 62 heavy (non-hydrogen) atoms. The van der Waals surface area contributed by atoms with E-state index in [-0.39, 0.29) is 17.7 Å². The second kappa shape index (κ2) is 37.6. The smallest absolute Gasteiger partial charge is 0.251 e. The SMILES string of the molecule is O=Cc1ccc(C(=O)NCCOCCOCCOCCOCCOCCOCCOCCOCCOCCOCCOCCNC(=O)CCCC[C@@H]2SC[C@@H]3NC(=O)C[C@@H]32)cc1. The predicted molar refractivity (Wildman–Crippen MR) is 231 cm³/mol. The third-order valence-electron chi connectivity index (χ3n) is 9.52. The number of ether oxygens (including phenoxy) is 11. The number of aldehydes is 1. The Labute approximate surface area is 371 Å². The predicted octanol–water partition coefficient (Wildman–Crippen LogP) is 1.71. The molecule has 2 aliphatic heterocycles. The second-order valence-electron chi connectivity index (χ2n) is 14.2. The summed E-state index contributed by atoms with van der Waals surface area (Å²) in [5, 5.41) is 9.27. The number of carbonyl (C=O) groups excluding carboxylic acids is 4. The zero-order chi connectivity index (χ0) is 44.0. The summed E-state index contributed by atoms with van der Waals surface area (Å²) in [6.07, 6.45) is 4.86. The summed E-state index contributed by atoms with van der Waals surface area (Å²) in [6, 6.07) is 6.77. The van der Waals surface area contributed by atoms with Crippen LogP contribution in [-0.2, 0) is 61.7 Å². The average Bonchev–Trinajstić information content (AvgIpc) is 3.84. The van der Waals surface area contributed by atoms with Crippen molar-refractivity contribution in [1.82, 2.24) is 16.0 Å². The van der Waals surface area contributed by atoms with Crippen LogP contribution in [0.3, 0.4) is 0 Å². The minimum Gasteiger partial charge on any atom is -0.377 e. The van der Waals surface area contributed by atoms with Gasteiger partial charge >= 0.3 is 0 Å². The summed E-state index contributed by atoms with van der Waals surface area (Å²) in [5.74, 6) is 1.51. The van der Waals surface area contributed by atoms with E-state index in [1.54, 1.807) is 24.3 Å². The number of unbranched alkanes of at least 4 members (excludes halogenated alkanes) is 1. The van der Waals surface area contributed by atoms with Gasteiger partial charge < -0.3 is 68.1 Å². The van der Waals surface area contributed by atoms with Crippen LogP contribution in [0.15, 0.2) is 24.3 Å². The van der Waals surface area contributed by atoms with Crippen LogP contribution in [0, 0.1) is 5.92 Å². The van der Waals surface area contributed by atoms with Gasteiger partial charge in [-0.05, 0) is 25.0 Å². The van der Waals surface area contributed by atoms with Crippen molar-refractivity contribution in [2.75, 3.05) is 164 Å². The quantitative estimate of drug-likeness (QED) is 0.0631. The number of nitrogens with one attached hydrogen (secondary N) is 3. The molecule has 3 atom stereocenters. The largest absolute Gasteiger partial charge is 0.377 e. The normalized spacial score (nSPS) is 17.0. The highest BCUT2D eigenvalue weighted by Gasteiger charge is 2.42. The minimum absolute atomic E-state index is 0.0530. The lowest BCUT2D eigenvalue weighted by Crippen LogP contribution is -2.29. The zero-order valence-corrected chi connectivity index (χ0v) is 37.2. The van der Waals surface area contributed by atoms with Gasteiger partial charge in [0, 0.05) is 60.0 Å². The maximum Gasteiger partial charge on any atom is 0.251 e. The Morgan fingerprint density at radius 2 is 0.984 bits per heavy atom. The molecule has 1 aromatic carbocycles. The fraction of sp³-hybridized carbons (Fsp3) is 0.767. The van der Waals surface area contributed by atoms with Crippen LogP contribution in [-0.4, -0.2) is 199 Å². The first-order valence-corrected chi connectivity index (χ1v) is 23.0. The van der Waals surface area contributed by atoms with E-state index in [1.807, 2.05) is 11.8 Å². The molecule has 0 aliphatic carbocycles. The lowest BCUT2D eigenvalue weighted by molar-refractivity contribution is -0.121. The topological polar surface area (TPSA) is 206 Å². The number of carbonyl (C=O) groups is 4. The Kier molecular flexibility index (Phi) is 32.4. The molecule has 1 aromatic rings. The monoisotopic (exact) mass is 901 g/mol. The van der Waals surface area contributed by atoms with Crippen LogP contribution in [0.25, 0.3) is 0 Å². The molecule has 0 radical (unpaired) electrons. The Morgan fingerprint density at radius 3 is 1.40 bits per heavy atom. The summed E-state index contributed by atoms with van der Waals surface area (Å²) in [7, 11) is 0. The Bertz CT molecular complexity index is 1300. The van der Waals surface area contributed by atoms with Gasteiger partial charge in [-0.25, -0.2) is 0 Å². The molecule has 3 N–H and O–H groups in total. The van der Waals surface area contributed by atoms with E-state index < -0.39 is 0 Å². The van der Waals surface area contributed by atoms with Crippen LogP contribution < -0.4 is 16.0 Å². The molecule has 0 bridgehead atoms. The molecule has 0 aromatic heterocycles. The summed E-state index contributed by atoms with van der Waals surface area (Å²) < 4.78 is 60.4. The van der Waals surface area contributed by atoms with Gasteiger partial charge in [-0.15, -0.1) is 0 Å². The van der Waals surface area contributed by atoms with Crippen LogP contribution in [0.4, 0.5) is 0 Å². The maximum atomic E-state index is 12.1. The summed E-state index contributed by atoms with van der Waals surface area (Å²) >= 11 is 1.96. The van der Waals surface area contributed by atoms with Crippen LogP contribution in [0.2, 0.25) is 0 Å². The van der Waals surface area contributed by atoms with E-state index in [0.717, 1.165) is 31.3 Å². The van der Waals surface area contributed by atoms with Crippen molar-refractivity contribution in [2.45, 2.75) is 43.4 Å². The Balaban J connectivity index is 0.891. The first-order valence-electron chi connectivity index (χ1n) is 21.9. The molecule has 354 valence electrons. The molecule has 18 nitrogen and oxygen atoms in total. The fourth-order valence-electron chi connectivity index (χ4n) is 6.27. The number of thioether (sulfide) groups is 1. The summed E-state index contributed by atoms with van der Waals surface area (Å²) in [5.41, 5.74) is 1.02. The Hall–Kier alpha value is -2.79. The van der Waals surface area contributed by atoms with E-state index in [9.17, 15) is 19.2 Å². The first-order chi connectivity index (χ1) is 30.6. The number of hydrogen-bond acceptors (Lipinski definition) is 16. The van der Waals surface area contributed by atoms with E-state index in [2.05, 4.69) is 16.0 Å². The molecule has 2 heterocycles. The number of rotatable bonds is 43. The van der Waals surface area contributed by atoms with Crippen LogP contribution >= 0.6 is 11.8 Å². The van der Waals surface area contributed by atoms with Gasteiger partial charge in [-0.1, -0.05) is 18.6 Å². The third-order valence-corrected chi connectivity index (χ3v) is 11.1. The van der Waals surface area contributed by atoms with Gasteiger partial charge in [-0.3, -0.25) is 19.2 Å². The van der Waals surface area contributed by atoms with Gasteiger partial charge in [-0.2, -0.15) is 11.8 Å². The molecular formula is C43H71N3O15S. The second-order valence-corrected chi connectivity index (χ2v) is 15.5. The number of fused-ring (bicyclic) bond motifs is 1. The summed E-state index contributed by atoms with van der Waals surface area (Å²) in [4.78, 5) is 46.4. The molecule has 3 amide bonds. The lowest BCUT2D eigenvalue weighted by Gasteiger charge is -2.15. The van der Waals surface area contributed by atoms with Gasteiger partial charge in [0.05, 0.1) is 145 Å². The van der Waals surface area contributed by atoms with Crippen LogP contribution in [0.1, 0.15) is 52.8 Å². The Morgan fingerprint density at radius 1 is 0.581 bits per heavy atom. The van der Waals surface area contributed by atoms with E-state index in [0.29, 0.717) is 200 Å². The number of hydrogen-bond donors (Lipinski definition) is 3. The van der Waals surface area contributed by atoms with Gasteiger partial charge in [0.15, 0.2) is 0 Å². The van der Waals surface area contributed by atoms with Gasteiger partial charge in [0.2, 0.25) is 11.8 Å². The molecule has 0 unspecified atom stereocenters. The highest BCUT2D eigenvalue weighted by Crippen LogP contribution is 2.40. The highest BCUT2D eigenvalue weighted by molar-refractivity contribution is 8.00. The van der Waals surface area contributed by atoms with Crippen molar-refractivity contribution in [3.05, 3.63) is 35.4 Å². The molecule has 0 saturated carbocycles. The van der Waals surface area contributed by atoms with Crippen molar-refractivity contribution < 1.29 is 71.3 Å². The molecular weight excluding hydrogens is 831 g/mol. The van der Waals surface area contributed by atoms with Crippen LogP contribution in [0.5, 0.6) is 0 Å². The highest BCUT2D eigenvalue weighted by atomic mass is 32.2. The van der Waals surface area contributed by atoms with E-state index >= 15 is 0 Å². The van der Waals surface area contributed by atoms with E-state index in [1.165, 1.54) is 0 Å². The number of benzene rings is 1. The fourth-order valence-corrected chi connectivity index (χ4v) is 7.92. The summed E-state index contributed by atoms with van der Waals surface area (Å²) in [6.45, 7) is 11.0. The van der Waals surface area contributed by atoms with Crippen molar-refractivity contribution in [3.8, 4) is 0 Å². The van der Waals surface area contributed by atoms with Crippen molar-refractivity contribution in [3.63, 3.8) is 0 Å². The van der Waals surface area contributed by atoms with Crippen molar-refractivity contribution in [2.24, 2.45) is 5.92 Å². The molecule has 3 rings (SSSR count). The third kappa shape index (κ3) is 27.4. The minimum atomic E-state index is -0.216. The van der Waals surface area contributed by atoms with Gasteiger partial charge in [0.25, 0.3) is 5.91 Å².